The van der Waals surface area contributed by atoms with E-state index in [4.69, 9.17) is 11.6 Å². The lowest BCUT2D eigenvalue weighted by molar-refractivity contribution is -0.116. The van der Waals surface area contributed by atoms with Crippen LogP contribution in [-0.2, 0) is 14.8 Å². The number of nitrogens with zero attached hydrogens (tertiary/aromatic N) is 2. The average molecular weight is 357 g/mol. The maximum atomic E-state index is 12.4. The second-order valence-electron chi connectivity index (χ2n) is 5.07. The third kappa shape index (κ3) is 3.90. The van der Waals surface area contributed by atoms with Gasteiger partial charge in [-0.05, 0) is 38.1 Å². The van der Waals surface area contributed by atoms with Crippen molar-refractivity contribution in [3.63, 3.8) is 0 Å². The number of sulfonamides is 1. The Morgan fingerprint density at radius 2 is 1.91 bits per heavy atom. The quantitative estimate of drug-likeness (QED) is 0.855. The molecule has 1 heterocycles. The Morgan fingerprint density at radius 3 is 2.43 bits per heavy atom. The van der Waals surface area contributed by atoms with Gasteiger partial charge >= 0.3 is 0 Å². The van der Waals surface area contributed by atoms with Crippen LogP contribution in [-0.4, -0.2) is 42.4 Å². The van der Waals surface area contributed by atoms with Gasteiger partial charge in [0.15, 0.2) is 0 Å². The van der Waals surface area contributed by atoms with Crippen molar-refractivity contribution in [3.8, 4) is 0 Å². The van der Waals surface area contributed by atoms with E-state index in [-0.39, 0.29) is 11.4 Å². The van der Waals surface area contributed by atoms with Crippen LogP contribution in [0.5, 0.6) is 0 Å². The summed E-state index contributed by atoms with van der Waals surface area (Å²) in [6.45, 7) is 3.20. The summed E-state index contributed by atoms with van der Waals surface area (Å²) >= 11 is 5.75. The zero-order chi connectivity index (χ0) is 17.2. The number of H-pyrrole nitrogens is 1. The molecule has 9 heteroatoms. The van der Waals surface area contributed by atoms with E-state index < -0.39 is 15.9 Å². The lowest BCUT2D eigenvalue weighted by Gasteiger charge is -2.17. The highest BCUT2D eigenvalue weighted by atomic mass is 35.5. The van der Waals surface area contributed by atoms with Gasteiger partial charge in [0.05, 0.1) is 28.5 Å². The number of aromatic nitrogens is 2. The number of rotatable bonds is 5. The van der Waals surface area contributed by atoms with Crippen LogP contribution in [0.2, 0.25) is 5.02 Å². The third-order valence-electron chi connectivity index (χ3n) is 3.28. The molecular formula is C14H17ClN4O3S. The molecule has 0 radical (unpaired) electrons. The van der Waals surface area contributed by atoms with E-state index in [0.717, 1.165) is 4.31 Å². The molecule has 0 bridgehead atoms. The van der Waals surface area contributed by atoms with Crippen molar-refractivity contribution >= 4 is 33.2 Å². The highest BCUT2D eigenvalue weighted by molar-refractivity contribution is 7.89. The van der Waals surface area contributed by atoms with Gasteiger partial charge in [0.25, 0.3) is 0 Å². The molecule has 1 aromatic carbocycles. The number of carbonyl (C=O) groups excluding carboxylic acids is 1. The van der Waals surface area contributed by atoms with Crippen molar-refractivity contribution in [2.75, 3.05) is 18.9 Å². The van der Waals surface area contributed by atoms with Crippen molar-refractivity contribution < 1.29 is 13.2 Å². The van der Waals surface area contributed by atoms with Crippen molar-refractivity contribution in [1.29, 1.82) is 0 Å². The predicted molar refractivity (Wildman–Crippen MR) is 88.0 cm³/mol. The molecule has 23 heavy (non-hydrogen) atoms. The molecule has 1 amide bonds. The Labute approximate surface area is 139 Å². The van der Waals surface area contributed by atoms with Crippen LogP contribution >= 0.6 is 11.6 Å². The summed E-state index contributed by atoms with van der Waals surface area (Å²) in [7, 11) is -2.41. The van der Waals surface area contributed by atoms with Gasteiger partial charge < -0.3 is 5.32 Å². The lowest BCUT2D eigenvalue weighted by Crippen LogP contribution is -2.35. The molecule has 0 spiro atoms. The molecule has 0 fully saturated rings. The van der Waals surface area contributed by atoms with Gasteiger partial charge in [0, 0.05) is 12.1 Å². The van der Waals surface area contributed by atoms with Crippen molar-refractivity contribution in [2.24, 2.45) is 0 Å². The first-order chi connectivity index (χ1) is 10.7. The topological polar surface area (TPSA) is 95.2 Å². The SMILES string of the molecule is Cc1n[nH]c(C)c1NC(=O)CN(C)S(=O)(=O)c1ccc(Cl)cc1. The molecule has 0 aliphatic heterocycles. The first-order valence-corrected chi connectivity index (χ1v) is 8.57. The van der Waals surface area contributed by atoms with E-state index in [1.54, 1.807) is 13.8 Å². The van der Waals surface area contributed by atoms with E-state index in [9.17, 15) is 13.2 Å². The molecule has 0 saturated heterocycles. The lowest BCUT2D eigenvalue weighted by atomic mass is 10.3. The summed E-state index contributed by atoms with van der Waals surface area (Å²) < 4.78 is 25.8. The fraction of sp³-hybridized carbons (Fsp3) is 0.286. The number of halogens is 1. The minimum atomic E-state index is -3.76. The molecule has 0 saturated carbocycles. The van der Waals surface area contributed by atoms with Gasteiger partial charge in [0.2, 0.25) is 15.9 Å². The van der Waals surface area contributed by atoms with Crippen molar-refractivity contribution in [3.05, 3.63) is 40.7 Å². The first kappa shape index (κ1) is 17.5. The minimum Gasteiger partial charge on any atom is -0.322 e. The van der Waals surface area contributed by atoms with Crippen LogP contribution in [0.4, 0.5) is 5.69 Å². The maximum Gasteiger partial charge on any atom is 0.243 e. The van der Waals surface area contributed by atoms with Gasteiger partial charge in [-0.25, -0.2) is 8.42 Å². The molecule has 2 N–H and O–H groups in total. The van der Waals surface area contributed by atoms with Crippen LogP contribution in [0, 0.1) is 13.8 Å². The van der Waals surface area contributed by atoms with Crippen LogP contribution in [0.1, 0.15) is 11.4 Å². The third-order valence-corrected chi connectivity index (χ3v) is 5.35. The molecule has 2 rings (SSSR count). The highest BCUT2D eigenvalue weighted by Gasteiger charge is 2.23. The number of benzene rings is 1. The molecule has 0 aliphatic rings. The fourth-order valence-corrected chi connectivity index (χ4v) is 3.24. The zero-order valence-corrected chi connectivity index (χ0v) is 14.5. The molecule has 0 aliphatic carbocycles. The molecule has 7 nitrogen and oxygen atoms in total. The summed E-state index contributed by atoms with van der Waals surface area (Å²) in [5.41, 5.74) is 1.91. The molecule has 124 valence electrons. The first-order valence-electron chi connectivity index (χ1n) is 6.75. The van der Waals surface area contributed by atoms with Crippen molar-refractivity contribution in [2.45, 2.75) is 18.7 Å². The van der Waals surface area contributed by atoms with Gasteiger partial charge in [-0.15, -0.1) is 0 Å². The molecule has 1 aromatic heterocycles. The second kappa shape index (κ2) is 6.69. The van der Waals surface area contributed by atoms with Crippen molar-refractivity contribution in [1.82, 2.24) is 14.5 Å². The number of aromatic amines is 1. The van der Waals surface area contributed by atoms with Crippen LogP contribution in [0.25, 0.3) is 0 Å². The normalized spacial score (nSPS) is 11.7. The second-order valence-corrected chi connectivity index (χ2v) is 7.55. The van der Waals surface area contributed by atoms with E-state index in [2.05, 4.69) is 15.5 Å². The number of carbonyl (C=O) groups is 1. The zero-order valence-electron chi connectivity index (χ0n) is 12.9. The van der Waals surface area contributed by atoms with Gasteiger partial charge in [-0.2, -0.15) is 9.40 Å². The number of hydrogen-bond acceptors (Lipinski definition) is 4. The standard InChI is InChI=1S/C14H17ClN4O3S/c1-9-14(10(2)18-17-9)16-13(20)8-19(3)23(21,22)12-6-4-11(15)5-7-12/h4-7H,8H2,1-3H3,(H,16,20)(H,17,18). The Balaban J connectivity index is 2.10. The monoisotopic (exact) mass is 356 g/mol. The number of likely N-dealkylation sites (N-methyl/N-ethyl adjacent to an activating group) is 1. The smallest absolute Gasteiger partial charge is 0.243 e. The molecular weight excluding hydrogens is 340 g/mol. The molecule has 2 aromatic rings. The number of anilines is 1. The summed E-state index contributed by atoms with van der Waals surface area (Å²) in [5.74, 6) is -0.447. The van der Waals surface area contributed by atoms with Crippen LogP contribution < -0.4 is 5.32 Å². The Hall–Kier alpha value is -1.90. The van der Waals surface area contributed by atoms with Crippen LogP contribution in [0.15, 0.2) is 29.2 Å². The highest BCUT2D eigenvalue weighted by Crippen LogP contribution is 2.18. The number of nitrogens with one attached hydrogen (secondary N) is 2. The maximum absolute atomic E-state index is 12.4. The summed E-state index contributed by atoms with van der Waals surface area (Å²) in [6.07, 6.45) is 0. The average Bonchev–Trinajstić information content (AvgIpc) is 2.79. The van der Waals surface area contributed by atoms with Gasteiger partial charge in [0.1, 0.15) is 0 Å². The number of hydrogen-bond donors (Lipinski definition) is 2. The Kier molecular flexibility index (Phi) is 5.08. The fourth-order valence-electron chi connectivity index (χ4n) is 1.99. The molecule has 0 unspecified atom stereocenters. The molecule has 0 atom stereocenters. The van der Waals surface area contributed by atoms with E-state index in [1.807, 2.05) is 0 Å². The predicted octanol–water partition coefficient (Wildman–Crippen LogP) is 1.94. The van der Waals surface area contributed by atoms with Gasteiger partial charge in [-0.3, -0.25) is 9.89 Å². The number of aryl methyl sites for hydroxylation is 2. The van der Waals surface area contributed by atoms with E-state index in [0.29, 0.717) is 22.1 Å². The minimum absolute atomic E-state index is 0.0767. The van der Waals surface area contributed by atoms with Crippen LogP contribution in [0.3, 0.4) is 0 Å². The van der Waals surface area contributed by atoms with E-state index in [1.165, 1.54) is 31.3 Å². The summed E-state index contributed by atoms with van der Waals surface area (Å²) in [4.78, 5) is 12.2. The van der Waals surface area contributed by atoms with Gasteiger partial charge in [-0.1, -0.05) is 11.6 Å². The Morgan fingerprint density at radius 1 is 1.30 bits per heavy atom. The number of amides is 1. The largest absolute Gasteiger partial charge is 0.322 e. The summed E-state index contributed by atoms with van der Waals surface area (Å²) in [5, 5.41) is 9.82. The van der Waals surface area contributed by atoms with E-state index >= 15 is 0 Å². The summed E-state index contributed by atoms with van der Waals surface area (Å²) in [6, 6.07) is 5.77. The Bertz CT molecular complexity index is 796.